The monoisotopic (exact) mass is 828 g/mol. The molecular weight excluding hydrogens is 773 g/mol. The number of para-hydroxylation sites is 2. The molecule has 8 nitrogen and oxygen atoms in total. The third-order valence-corrected chi connectivity index (χ3v) is 12.9. The lowest BCUT2D eigenvalue weighted by atomic mass is 9.72. The summed E-state index contributed by atoms with van der Waals surface area (Å²) in [7, 11) is 3.90. The van der Waals surface area contributed by atoms with Crippen molar-refractivity contribution in [3.8, 4) is 11.5 Å². The molecule has 0 aromatic heterocycles. The second kappa shape index (κ2) is 19.7. The highest BCUT2D eigenvalue weighted by atomic mass is 16.6. The summed E-state index contributed by atoms with van der Waals surface area (Å²) in [4.78, 5) is 32.3. The summed E-state index contributed by atoms with van der Waals surface area (Å²) in [6.07, 6.45) is 2.21. The quantitative estimate of drug-likeness (QED) is 0.0482. The Morgan fingerprint density at radius 3 is 1.23 bits per heavy atom. The standard InChI is InChI=1S/C54H56N2O6/c1-55(37-33-41-19-7-3-8-20-41)49(31-35-53(43-23-11-5-12-24-43)39-59-47-29-17-15-27-45(47)53)61-51(57)52(58)62-50(56(2)38-34-42-21-9-4-10-22-42)32-36-54(44-25-13-6-14-26-44)40-60-48-30-18-16-28-46(48)54/h3-30,49-50H,31-40H2,1-2H3. The van der Waals surface area contributed by atoms with Crippen molar-refractivity contribution < 1.29 is 28.5 Å². The van der Waals surface area contributed by atoms with Gasteiger partial charge in [0.25, 0.3) is 0 Å². The lowest BCUT2D eigenvalue weighted by Gasteiger charge is -2.34. The molecule has 0 radical (unpaired) electrons. The number of benzene rings is 6. The minimum Gasteiger partial charge on any atom is -0.492 e. The fourth-order valence-electron chi connectivity index (χ4n) is 9.24. The predicted molar refractivity (Wildman–Crippen MR) is 242 cm³/mol. The molecule has 0 aliphatic carbocycles. The van der Waals surface area contributed by atoms with E-state index in [0.717, 1.165) is 46.6 Å². The predicted octanol–water partition coefficient (Wildman–Crippen LogP) is 9.39. The Hall–Kier alpha value is -6.22. The summed E-state index contributed by atoms with van der Waals surface area (Å²) in [6, 6.07) is 57.6. The maximum absolute atomic E-state index is 14.1. The van der Waals surface area contributed by atoms with E-state index in [2.05, 4.69) is 60.7 Å². The molecule has 0 N–H and O–H groups in total. The molecule has 2 aliphatic heterocycles. The summed E-state index contributed by atoms with van der Waals surface area (Å²) in [5.41, 5.74) is 5.89. The number of fused-ring (bicyclic) bond motifs is 2. The van der Waals surface area contributed by atoms with Crippen LogP contribution in [0.25, 0.3) is 0 Å². The minimum atomic E-state index is -1.01. The van der Waals surface area contributed by atoms with Crippen molar-refractivity contribution in [2.24, 2.45) is 0 Å². The third-order valence-electron chi connectivity index (χ3n) is 12.9. The molecule has 6 aromatic carbocycles. The zero-order valence-corrected chi connectivity index (χ0v) is 35.7. The van der Waals surface area contributed by atoms with Gasteiger partial charge in [0, 0.05) is 24.2 Å². The Labute approximate surface area is 366 Å². The first-order valence-corrected chi connectivity index (χ1v) is 21.8. The number of carbonyl (C=O) groups is 2. The Bertz CT molecular complexity index is 2210. The van der Waals surface area contributed by atoms with Crippen LogP contribution in [-0.2, 0) is 42.7 Å². The van der Waals surface area contributed by atoms with Crippen molar-refractivity contribution in [1.29, 1.82) is 0 Å². The maximum atomic E-state index is 14.1. The molecule has 4 atom stereocenters. The molecule has 2 aliphatic rings. The van der Waals surface area contributed by atoms with Gasteiger partial charge in [0.2, 0.25) is 0 Å². The van der Waals surface area contributed by atoms with Gasteiger partial charge < -0.3 is 18.9 Å². The number of rotatable bonds is 18. The first kappa shape index (κ1) is 42.5. The normalized spacial score (nSPS) is 18.6. The second-order valence-corrected chi connectivity index (χ2v) is 16.7. The molecule has 8 rings (SSSR count). The highest BCUT2D eigenvalue weighted by Gasteiger charge is 2.45. The maximum Gasteiger partial charge on any atom is 0.419 e. The highest BCUT2D eigenvalue weighted by Crippen LogP contribution is 2.48. The van der Waals surface area contributed by atoms with Crippen LogP contribution in [0.2, 0.25) is 0 Å². The molecule has 6 aromatic rings. The first-order chi connectivity index (χ1) is 30.3. The molecular formula is C54H56N2O6. The van der Waals surface area contributed by atoms with Crippen LogP contribution in [0.4, 0.5) is 0 Å². The number of carbonyl (C=O) groups excluding carboxylic acids is 2. The summed E-state index contributed by atoms with van der Waals surface area (Å²) in [6.45, 7) is 2.14. The van der Waals surface area contributed by atoms with Crippen LogP contribution in [0, 0.1) is 0 Å². The van der Waals surface area contributed by atoms with Gasteiger partial charge in [0.1, 0.15) is 24.7 Å². The number of hydrogen-bond donors (Lipinski definition) is 0. The molecule has 2 heterocycles. The number of nitrogens with zero attached hydrogens (tertiary/aromatic N) is 2. The molecule has 0 saturated heterocycles. The van der Waals surface area contributed by atoms with Crippen LogP contribution in [0.3, 0.4) is 0 Å². The van der Waals surface area contributed by atoms with Crippen LogP contribution in [-0.4, -0.2) is 74.6 Å². The second-order valence-electron chi connectivity index (χ2n) is 16.7. The van der Waals surface area contributed by atoms with Gasteiger partial charge in [0.15, 0.2) is 12.5 Å². The van der Waals surface area contributed by atoms with Gasteiger partial charge in [0.05, 0.1) is 10.8 Å². The average molecular weight is 829 g/mol. The largest absolute Gasteiger partial charge is 0.492 e. The lowest BCUT2D eigenvalue weighted by Crippen LogP contribution is -2.44. The molecule has 0 saturated carbocycles. The smallest absolute Gasteiger partial charge is 0.419 e. The fourth-order valence-corrected chi connectivity index (χ4v) is 9.24. The van der Waals surface area contributed by atoms with Crippen LogP contribution in [0.1, 0.15) is 59.1 Å². The first-order valence-electron chi connectivity index (χ1n) is 21.8. The van der Waals surface area contributed by atoms with E-state index in [-0.39, 0.29) is 0 Å². The number of ether oxygens (including phenoxy) is 4. The van der Waals surface area contributed by atoms with Gasteiger partial charge in [-0.05, 0) is 87.0 Å². The van der Waals surface area contributed by atoms with Crippen molar-refractivity contribution in [2.45, 2.75) is 61.8 Å². The molecule has 0 fully saturated rings. The summed E-state index contributed by atoms with van der Waals surface area (Å²) in [5, 5.41) is 0. The van der Waals surface area contributed by atoms with Gasteiger partial charge >= 0.3 is 11.9 Å². The average Bonchev–Trinajstić information content (AvgIpc) is 3.91. The summed E-state index contributed by atoms with van der Waals surface area (Å²) < 4.78 is 25.1. The van der Waals surface area contributed by atoms with Crippen LogP contribution < -0.4 is 9.47 Å². The summed E-state index contributed by atoms with van der Waals surface area (Å²) >= 11 is 0. The van der Waals surface area contributed by atoms with E-state index in [1.54, 1.807) is 0 Å². The Morgan fingerprint density at radius 1 is 0.500 bits per heavy atom. The zero-order chi connectivity index (χ0) is 42.8. The molecule has 8 heteroatoms. The van der Waals surface area contributed by atoms with Crippen LogP contribution in [0.5, 0.6) is 11.5 Å². The molecule has 318 valence electrons. The third kappa shape index (κ3) is 9.47. The van der Waals surface area contributed by atoms with Crippen LogP contribution >= 0.6 is 0 Å². The Morgan fingerprint density at radius 2 is 0.839 bits per heavy atom. The SMILES string of the molecule is CN(CCc1ccccc1)C(CCC1(c2ccccc2)COc2ccccc21)OC(=O)C(=O)OC(CCC1(c2ccccc2)COc2ccccc21)N(C)CCc1ccccc1. The van der Waals surface area contributed by atoms with E-state index < -0.39 is 35.2 Å². The summed E-state index contributed by atoms with van der Waals surface area (Å²) in [5.74, 6) is -0.301. The molecule has 0 amide bonds. The van der Waals surface area contributed by atoms with Gasteiger partial charge in [-0.1, -0.05) is 158 Å². The van der Waals surface area contributed by atoms with Gasteiger partial charge in [-0.25, -0.2) is 9.59 Å². The van der Waals surface area contributed by atoms with E-state index in [0.29, 0.717) is 52.0 Å². The van der Waals surface area contributed by atoms with Crippen molar-refractivity contribution in [2.75, 3.05) is 40.4 Å². The van der Waals surface area contributed by atoms with E-state index in [1.807, 2.05) is 133 Å². The molecule has 4 unspecified atom stereocenters. The van der Waals surface area contributed by atoms with Crippen molar-refractivity contribution in [1.82, 2.24) is 9.80 Å². The van der Waals surface area contributed by atoms with Crippen LogP contribution in [0.15, 0.2) is 170 Å². The van der Waals surface area contributed by atoms with Crippen molar-refractivity contribution in [3.05, 3.63) is 203 Å². The van der Waals surface area contributed by atoms with Gasteiger partial charge in [-0.2, -0.15) is 0 Å². The minimum absolute atomic E-state index is 0.455. The fraction of sp³-hybridized carbons (Fsp3) is 0.296. The van der Waals surface area contributed by atoms with E-state index in [1.165, 1.54) is 11.1 Å². The number of esters is 2. The van der Waals surface area contributed by atoms with Crippen molar-refractivity contribution >= 4 is 11.9 Å². The highest BCUT2D eigenvalue weighted by molar-refractivity contribution is 6.29. The molecule has 0 spiro atoms. The van der Waals surface area contributed by atoms with E-state index in [4.69, 9.17) is 18.9 Å². The Kier molecular flexibility index (Phi) is 13.5. The lowest BCUT2D eigenvalue weighted by molar-refractivity contribution is -0.184. The Balaban J connectivity index is 1.03. The zero-order valence-electron chi connectivity index (χ0n) is 35.7. The van der Waals surface area contributed by atoms with Crippen molar-refractivity contribution in [3.63, 3.8) is 0 Å². The van der Waals surface area contributed by atoms with E-state index >= 15 is 0 Å². The number of likely N-dealkylation sites (N-methyl/N-ethyl adjacent to an activating group) is 2. The number of hydrogen-bond acceptors (Lipinski definition) is 8. The topological polar surface area (TPSA) is 77.5 Å². The molecule has 0 bridgehead atoms. The van der Waals surface area contributed by atoms with Gasteiger partial charge in [-0.3, -0.25) is 9.80 Å². The van der Waals surface area contributed by atoms with Gasteiger partial charge in [-0.15, -0.1) is 0 Å². The van der Waals surface area contributed by atoms with E-state index in [9.17, 15) is 9.59 Å². The molecule has 62 heavy (non-hydrogen) atoms.